The highest BCUT2D eigenvalue weighted by Crippen LogP contribution is 2.45. The first-order valence-corrected chi connectivity index (χ1v) is 15.6. The number of piperidine rings is 2. The number of nitrogens with zero attached hydrogens (tertiary/aromatic N) is 6. The summed E-state index contributed by atoms with van der Waals surface area (Å²) in [5, 5.41) is 4.06. The van der Waals surface area contributed by atoms with Crippen LogP contribution in [0, 0.1) is 13.8 Å². The van der Waals surface area contributed by atoms with Gasteiger partial charge >= 0.3 is 0 Å². The summed E-state index contributed by atoms with van der Waals surface area (Å²) in [5.41, 5.74) is 4.68. The maximum Gasteiger partial charge on any atom is 0.267 e. The summed E-state index contributed by atoms with van der Waals surface area (Å²) < 4.78 is 6.51. The van der Waals surface area contributed by atoms with Gasteiger partial charge in [0.25, 0.3) is 5.91 Å². The first kappa shape index (κ1) is 25.8. The number of aryl methyl sites for hydroxylation is 2. The molecule has 3 aliphatic rings. The number of aromatic nitrogens is 4. The lowest BCUT2D eigenvalue weighted by Crippen LogP contribution is -2.49. The Morgan fingerprint density at radius 1 is 0.950 bits per heavy atom. The summed E-state index contributed by atoms with van der Waals surface area (Å²) in [6, 6.07) is 21.5. The Balaban J connectivity index is 1.07. The van der Waals surface area contributed by atoms with Crippen molar-refractivity contribution in [3.8, 4) is 0 Å². The molecule has 2 bridgehead atoms. The molecular weight excluding hydrogens is 516 g/mol. The molecule has 4 aromatic rings. The molecule has 3 fully saturated rings. The number of hydrogen-bond donors (Lipinski definition) is 0. The number of fused-ring (bicyclic) bond motifs is 3. The van der Waals surface area contributed by atoms with Gasteiger partial charge in [-0.2, -0.15) is 0 Å². The van der Waals surface area contributed by atoms with Gasteiger partial charge in [0, 0.05) is 31.2 Å². The van der Waals surface area contributed by atoms with Crippen molar-refractivity contribution < 1.29 is 4.79 Å². The molecule has 0 radical (unpaired) electrons. The minimum atomic E-state index is 0.0941. The third kappa shape index (κ3) is 4.45. The fourth-order valence-electron chi connectivity index (χ4n) is 7.97. The predicted molar refractivity (Wildman–Crippen MR) is 159 cm³/mol. The maximum absolute atomic E-state index is 13.2. The first-order chi connectivity index (χ1) is 19.5. The van der Waals surface area contributed by atoms with E-state index in [1.807, 2.05) is 11.8 Å². The van der Waals surface area contributed by atoms with Gasteiger partial charge in [0.05, 0.1) is 16.7 Å². The molecule has 208 valence electrons. The normalized spacial score (nSPS) is 24.6. The SMILES string of the molecule is Cc1nnsc1C(=O)N1CCC(CCN2[C@@H]3CC[C@H]2CC(n2c(C)nc4ccccc42)C3)(c2ccccc2)CC1. The summed E-state index contributed by atoms with van der Waals surface area (Å²) in [6.07, 6.45) is 8.16. The molecule has 8 heteroatoms. The number of benzene rings is 2. The molecule has 3 atom stereocenters. The number of amides is 1. The molecule has 1 amide bonds. The Labute approximate surface area is 240 Å². The van der Waals surface area contributed by atoms with Crippen molar-refractivity contribution >= 4 is 28.5 Å². The van der Waals surface area contributed by atoms with Crippen molar-refractivity contribution in [1.82, 2.24) is 28.9 Å². The predicted octanol–water partition coefficient (Wildman–Crippen LogP) is 5.94. The zero-order valence-corrected chi connectivity index (χ0v) is 24.3. The smallest absolute Gasteiger partial charge is 0.267 e. The lowest BCUT2D eigenvalue weighted by Gasteiger charge is -2.45. The number of imidazole rings is 1. The molecule has 5 heterocycles. The molecule has 7 nitrogen and oxygen atoms in total. The van der Waals surface area contributed by atoms with Gasteiger partial charge < -0.3 is 9.47 Å². The van der Waals surface area contributed by atoms with Crippen LogP contribution in [0.3, 0.4) is 0 Å². The Kier molecular flexibility index (Phi) is 6.71. The number of hydrogen-bond acceptors (Lipinski definition) is 6. The molecule has 0 spiro atoms. The average Bonchev–Trinajstić information content (AvgIpc) is 3.63. The highest BCUT2D eigenvalue weighted by atomic mass is 32.1. The van der Waals surface area contributed by atoms with E-state index in [4.69, 9.17) is 4.98 Å². The molecule has 40 heavy (non-hydrogen) atoms. The molecule has 0 aliphatic carbocycles. The van der Waals surface area contributed by atoms with E-state index in [-0.39, 0.29) is 11.3 Å². The second kappa shape index (κ2) is 10.4. The Morgan fingerprint density at radius 3 is 2.35 bits per heavy atom. The van der Waals surface area contributed by atoms with E-state index < -0.39 is 0 Å². The number of rotatable bonds is 6. The van der Waals surface area contributed by atoms with Gasteiger partial charge in [-0.3, -0.25) is 9.69 Å². The quantitative estimate of drug-likeness (QED) is 0.295. The first-order valence-electron chi connectivity index (χ1n) is 14.9. The maximum atomic E-state index is 13.2. The Morgan fingerprint density at radius 2 is 1.65 bits per heavy atom. The van der Waals surface area contributed by atoms with Crippen molar-refractivity contribution in [3.05, 3.63) is 76.6 Å². The standard InChI is InChI=1S/C32H38N6OS/c1-22-30(40-35-34-22)31(39)36-17-14-32(15-18-36,24-8-4-3-5-9-24)16-19-37-25-12-13-26(37)21-27(20-25)38-23(2)33-28-10-6-7-11-29(28)38/h3-11,25-27H,12-21H2,1-2H3/t25-,26+,27?. The number of carbonyl (C=O) groups excluding carboxylic acids is 1. The molecular formula is C32H38N6OS. The summed E-state index contributed by atoms with van der Waals surface area (Å²) in [7, 11) is 0. The third-order valence-electron chi connectivity index (χ3n) is 10.1. The minimum absolute atomic E-state index is 0.0941. The van der Waals surface area contributed by atoms with Crippen LogP contribution in [-0.2, 0) is 5.41 Å². The largest absolute Gasteiger partial charge is 0.338 e. The van der Waals surface area contributed by atoms with Gasteiger partial charge in [-0.1, -0.05) is 47.0 Å². The lowest BCUT2D eigenvalue weighted by molar-refractivity contribution is 0.0610. The zero-order chi connectivity index (χ0) is 27.3. The van der Waals surface area contributed by atoms with Gasteiger partial charge in [0.15, 0.2) is 0 Å². The third-order valence-corrected chi connectivity index (χ3v) is 10.9. The van der Waals surface area contributed by atoms with E-state index in [1.165, 1.54) is 48.3 Å². The fourth-order valence-corrected chi connectivity index (χ4v) is 8.60. The van der Waals surface area contributed by atoms with Crippen LogP contribution in [0.25, 0.3) is 11.0 Å². The average molecular weight is 555 g/mol. The summed E-state index contributed by atoms with van der Waals surface area (Å²) in [4.78, 5) is 23.6. The van der Waals surface area contributed by atoms with Crippen LogP contribution < -0.4 is 0 Å². The number of carbonyl (C=O) groups is 1. The van der Waals surface area contributed by atoms with Gasteiger partial charge in [-0.15, -0.1) is 5.10 Å². The summed E-state index contributed by atoms with van der Waals surface area (Å²) >= 11 is 1.22. The van der Waals surface area contributed by atoms with E-state index >= 15 is 0 Å². The van der Waals surface area contributed by atoms with Crippen LogP contribution in [0.5, 0.6) is 0 Å². The van der Waals surface area contributed by atoms with Crippen LogP contribution in [0.1, 0.15) is 77.7 Å². The summed E-state index contributed by atoms with van der Waals surface area (Å²) in [6.45, 7) is 6.75. The van der Waals surface area contributed by atoms with Gasteiger partial charge in [0.2, 0.25) is 0 Å². The van der Waals surface area contributed by atoms with Crippen LogP contribution in [-0.4, -0.2) is 66.6 Å². The van der Waals surface area contributed by atoms with E-state index in [0.717, 1.165) is 55.9 Å². The second-order valence-corrected chi connectivity index (χ2v) is 12.9. The minimum Gasteiger partial charge on any atom is -0.338 e. The van der Waals surface area contributed by atoms with Crippen LogP contribution in [0.15, 0.2) is 54.6 Å². The van der Waals surface area contributed by atoms with Crippen molar-refractivity contribution in [2.24, 2.45) is 0 Å². The zero-order valence-electron chi connectivity index (χ0n) is 23.5. The Hall–Kier alpha value is -3.10. The number of likely N-dealkylation sites (tertiary alicyclic amines) is 1. The second-order valence-electron chi connectivity index (χ2n) is 12.1. The monoisotopic (exact) mass is 554 g/mol. The molecule has 0 saturated carbocycles. The molecule has 2 aromatic carbocycles. The van der Waals surface area contributed by atoms with Crippen molar-refractivity contribution in [1.29, 1.82) is 0 Å². The highest BCUT2D eigenvalue weighted by Gasteiger charge is 2.44. The van der Waals surface area contributed by atoms with E-state index in [9.17, 15) is 4.79 Å². The van der Waals surface area contributed by atoms with Crippen molar-refractivity contribution in [3.63, 3.8) is 0 Å². The van der Waals surface area contributed by atoms with Crippen LogP contribution in [0.2, 0.25) is 0 Å². The van der Waals surface area contributed by atoms with Gasteiger partial charge in [-0.05, 0) is 100.0 Å². The van der Waals surface area contributed by atoms with E-state index in [0.29, 0.717) is 23.0 Å². The highest BCUT2D eigenvalue weighted by molar-refractivity contribution is 7.07. The summed E-state index contributed by atoms with van der Waals surface area (Å²) in [5.74, 6) is 1.24. The van der Waals surface area contributed by atoms with Crippen LogP contribution in [0.4, 0.5) is 0 Å². The van der Waals surface area contributed by atoms with Crippen molar-refractivity contribution in [2.45, 2.75) is 82.3 Å². The van der Waals surface area contributed by atoms with E-state index in [2.05, 4.69) is 80.6 Å². The Bertz CT molecular complexity index is 1490. The topological polar surface area (TPSA) is 67.2 Å². The molecule has 0 N–H and O–H groups in total. The molecule has 2 aromatic heterocycles. The molecule has 7 rings (SSSR count). The lowest BCUT2D eigenvalue weighted by atomic mass is 9.70. The molecule has 1 unspecified atom stereocenters. The fraction of sp³-hybridized carbons (Fsp3) is 0.500. The van der Waals surface area contributed by atoms with Crippen molar-refractivity contribution in [2.75, 3.05) is 19.6 Å². The number of para-hydroxylation sites is 2. The molecule has 3 aliphatic heterocycles. The van der Waals surface area contributed by atoms with Gasteiger partial charge in [-0.25, -0.2) is 4.98 Å². The van der Waals surface area contributed by atoms with E-state index in [1.54, 1.807) is 0 Å². The van der Waals surface area contributed by atoms with Crippen LogP contribution >= 0.6 is 11.5 Å². The van der Waals surface area contributed by atoms with Gasteiger partial charge in [0.1, 0.15) is 10.7 Å². The molecule has 3 saturated heterocycles.